The molecule has 1 aliphatic rings. The zero-order valence-corrected chi connectivity index (χ0v) is 17.5. The summed E-state index contributed by atoms with van der Waals surface area (Å²) in [6.07, 6.45) is -2.11. The molecule has 1 amide bonds. The molecule has 28 heavy (non-hydrogen) atoms. The number of hydrogen-bond donors (Lipinski definition) is 1. The third-order valence-electron chi connectivity index (χ3n) is 4.73. The molecule has 1 N–H and O–H groups in total. The first-order valence-electron chi connectivity index (χ1n) is 8.98. The summed E-state index contributed by atoms with van der Waals surface area (Å²) in [4.78, 5) is 14.0. The Labute approximate surface area is 168 Å². The Balaban J connectivity index is 2.17. The molecular weight excluding hydrogens is 413 g/mol. The number of nitrogens with one attached hydrogen (secondary N) is 1. The smallest absolute Gasteiger partial charge is 0.341 e. The molecule has 0 spiro atoms. The number of likely N-dealkylation sites (tertiary alicyclic amines) is 1. The molecule has 0 aromatic heterocycles. The second-order valence-corrected chi connectivity index (χ2v) is 9.63. The minimum atomic E-state index is -4.37. The van der Waals surface area contributed by atoms with Crippen LogP contribution in [0.1, 0.15) is 24.8 Å². The fraction of sp³-hybridized carbons (Fsp3) is 0.611. The number of hydrogen-bond acceptors (Lipinski definition) is 4. The number of alkyl halides is 3. The Bertz CT molecular complexity index is 767. The van der Waals surface area contributed by atoms with Gasteiger partial charge in [0.15, 0.2) is 0 Å². The van der Waals surface area contributed by atoms with Crippen LogP contribution in [-0.2, 0) is 14.8 Å². The van der Waals surface area contributed by atoms with Crippen LogP contribution in [0, 0.1) is 12.8 Å². The highest BCUT2D eigenvalue weighted by Gasteiger charge is 2.43. The predicted molar refractivity (Wildman–Crippen MR) is 104 cm³/mol. The van der Waals surface area contributed by atoms with Gasteiger partial charge in [0.25, 0.3) is 0 Å². The van der Waals surface area contributed by atoms with Crippen molar-refractivity contribution in [2.24, 2.45) is 5.92 Å². The summed E-state index contributed by atoms with van der Waals surface area (Å²) in [5.74, 6) is -1.66. The van der Waals surface area contributed by atoms with E-state index in [-0.39, 0.29) is 30.7 Å². The van der Waals surface area contributed by atoms with Gasteiger partial charge in [0, 0.05) is 13.1 Å². The van der Waals surface area contributed by atoms with E-state index < -0.39 is 40.6 Å². The monoisotopic (exact) mass is 438 g/mol. The molecule has 0 aliphatic carbocycles. The predicted octanol–water partition coefficient (Wildman–Crippen LogP) is 3.20. The highest BCUT2D eigenvalue weighted by molar-refractivity contribution is 7.98. The van der Waals surface area contributed by atoms with Gasteiger partial charge in [-0.15, -0.1) is 0 Å². The summed E-state index contributed by atoms with van der Waals surface area (Å²) in [6.45, 7) is 1.60. The van der Waals surface area contributed by atoms with Crippen molar-refractivity contribution in [3.63, 3.8) is 0 Å². The van der Waals surface area contributed by atoms with E-state index in [0.717, 1.165) is 10.5 Å². The van der Waals surface area contributed by atoms with E-state index in [0.29, 0.717) is 5.75 Å². The molecule has 1 aliphatic heterocycles. The Morgan fingerprint density at radius 1 is 1.32 bits per heavy atom. The van der Waals surface area contributed by atoms with Gasteiger partial charge in [-0.2, -0.15) is 29.7 Å². The van der Waals surface area contributed by atoms with E-state index in [2.05, 4.69) is 4.72 Å². The maximum absolute atomic E-state index is 13.1. The Morgan fingerprint density at radius 2 is 1.96 bits per heavy atom. The van der Waals surface area contributed by atoms with Crippen molar-refractivity contribution in [3.05, 3.63) is 29.8 Å². The van der Waals surface area contributed by atoms with E-state index in [1.54, 1.807) is 12.1 Å². The number of rotatable bonds is 7. The number of nitrogens with zero attached hydrogens (tertiary/aromatic N) is 1. The molecule has 10 heteroatoms. The lowest BCUT2D eigenvalue weighted by Crippen LogP contribution is -2.53. The van der Waals surface area contributed by atoms with Crippen molar-refractivity contribution >= 4 is 27.7 Å². The molecule has 5 nitrogen and oxygen atoms in total. The number of aryl methyl sites for hydroxylation is 1. The number of amides is 1. The molecule has 1 saturated heterocycles. The van der Waals surface area contributed by atoms with E-state index >= 15 is 0 Å². The quantitative estimate of drug-likeness (QED) is 0.710. The van der Waals surface area contributed by atoms with E-state index in [9.17, 15) is 26.4 Å². The minimum Gasteiger partial charge on any atom is -0.341 e. The van der Waals surface area contributed by atoms with Crippen molar-refractivity contribution in [1.82, 2.24) is 9.62 Å². The first kappa shape index (κ1) is 23.0. The average Bonchev–Trinajstić information content (AvgIpc) is 2.64. The molecule has 2 atom stereocenters. The maximum Gasteiger partial charge on any atom is 0.393 e. The van der Waals surface area contributed by atoms with Crippen molar-refractivity contribution in [3.8, 4) is 0 Å². The third kappa shape index (κ3) is 6.12. The van der Waals surface area contributed by atoms with E-state index in [1.165, 1.54) is 23.9 Å². The van der Waals surface area contributed by atoms with Crippen LogP contribution in [0.25, 0.3) is 0 Å². The molecule has 0 radical (unpaired) electrons. The van der Waals surface area contributed by atoms with Gasteiger partial charge in [-0.3, -0.25) is 4.79 Å². The molecule has 1 aromatic carbocycles. The lowest BCUT2D eigenvalue weighted by atomic mass is 9.97. The van der Waals surface area contributed by atoms with E-state index in [1.807, 2.05) is 13.2 Å². The fourth-order valence-electron chi connectivity index (χ4n) is 3.11. The summed E-state index contributed by atoms with van der Waals surface area (Å²) >= 11 is 1.44. The van der Waals surface area contributed by atoms with Crippen molar-refractivity contribution in [2.75, 3.05) is 25.1 Å². The van der Waals surface area contributed by atoms with Crippen molar-refractivity contribution in [1.29, 1.82) is 0 Å². The lowest BCUT2D eigenvalue weighted by Gasteiger charge is -2.35. The molecule has 1 fully saturated rings. The molecule has 0 bridgehead atoms. The Hall–Kier alpha value is -1.26. The van der Waals surface area contributed by atoms with Gasteiger partial charge in [0.2, 0.25) is 15.9 Å². The van der Waals surface area contributed by atoms with Crippen molar-refractivity contribution in [2.45, 2.75) is 43.3 Å². The normalized spacial score (nSPS) is 19.5. The summed E-state index contributed by atoms with van der Waals surface area (Å²) in [7, 11) is -3.96. The largest absolute Gasteiger partial charge is 0.393 e. The summed E-state index contributed by atoms with van der Waals surface area (Å²) in [5.41, 5.74) is 0.889. The van der Waals surface area contributed by atoms with Crippen LogP contribution in [0.15, 0.2) is 29.2 Å². The highest BCUT2D eigenvalue weighted by Crippen LogP contribution is 2.33. The highest BCUT2D eigenvalue weighted by atomic mass is 32.2. The zero-order valence-electron chi connectivity index (χ0n) is 15.8. The third-order valence-corrected chi connectivity index (χ3v) is 6.86. The topological polar surface area (TPSA) is 66.5 Å². The second-order valence-electron chi connectivity index (χ2n) is 6.93. The second kappa shape index (κ2) is 9.49. The van der Waals surface area contributed by atoms with E-state index in [4.69, 9.17) is 0 Å². The Kier molecular flexibility index (Phi) is 7.81. The van der Waals surface area contributed by atoms with Gasteiger partial charge in [-0.05, 0) is 50.3 Å². The molecule has 2 unspecified atom stereocenters. The standard InChI is InChI=1S/C18H25F3N2O3S2/c1-13-5-7-15(8-6-13)28(25,26)22-16(9-11-27-2)17(24)23-10-3-4-14(12-23)18(19,20)21/h5-8,14,16,22H,3-4,9-12H2,1-2H3. The van der Waals surface area contributed by atoms with Gasteiger partial charge in [-0.1, -0.05) is 17.7 Å². The molecule has 2 rings (SSSR count). The zero-order chi connectivity index (χ0) is 20.9. The number of carbonyl (C=O) groups excluding carboxylic acids is 1. The number of sulfonamides is 1. The molecule has 1 aromatic rings. The number of thioether (sulfide) groups is 1. The van der Waals surface area contributed by atoms with Gasteiger partial charge in [-0.25, -0.2) is 8.42 Å². The van der Waals surface area contributed by atoms with Crippen LogP contribution in [0.2, 0.25) is 0 Å². The van der Waals surface area contributed by atoms with Gasteiger partial charge in [0.1, 0.15) is 6.04 Å². The van der Waals surface area contributed by atoms with Crippen LogP contribution in [-0.4, -0.2) is 56.5 Å². The van der Waals surface area contributed by atoms with Gasteiger partial charge < -0.3 is 4.90 Å². The molecular formula is C18H25F3N2O3S2. The van der Waals surface area contributed by atoms with Gasteiger partial charge >= 0.3 is 6.18 Å². The molecule has 158 valence electrons. The summed E-state index contributed by atoms with van der Waals surface area (Å²) in [5, 5.41) is 0. The number of carbonyl (C=O) groups is 1. The number of piperidine rings is 1. The molecule has 1 heterocycles. The summed E-state index contributed by atoms with van der Waals surface area (Å²) < 4.78 is 66.9. The minimum absolute atomic E-state index is 0.0160. The van der Waals surface area contributed by atoms with Crippen LogP contribution in [0.4, 0.5) is 13.2 Å². The van der Waals surface area contributed by atoms with Gasteiger partial charge in [0.05, 0.1) is 10.8 Å². The maximum atomic E-state index is 13.1. The SMILES string of the molecule is CSCCC(NS(=O)(=O)c1ccc(C)cc1)C(=O)N1CCCC(C(F)(F)F)C1. The van der Waals surface area contributed by atoms with Crippen molar-refractivity contribution < 1.29 is 26.4 Å². The van der Waals surface area contributed by atoms with Crippen LogP contribution in [0.5, 0.6) is 0 Å². The first-order chi connectivity index (χ1) is 13.0. The van der Waals surface area contributed by atoms with Crippen LogP contribution >= 0.6 is 11.8 Å². The van der Waals surface area contributed by atoms with Crippen LogP contribution in [0.3, 0.4) is 0 Å². The Morgan fingerprint density at radius 3 is 2.54 bits per heavy atom. The fourth-order valence-corrected chi connectivity index (χ4v) is 4.80. The van der Waals surface area contributed by atoms with Crippen LogP contribution < -0.4 is 4.72 Å². The summed E-state index contributed by atoms with van der Waals surface area (Å²) in [6, 6.07) is 5.08. The lowest BCUT2D eigenvalue weighted by molar-refractivity contribution is -0.188. The number of benzene rings is 1. The first-order valence-corrected chi connectivity index (χ1v) is 11.9. The molecule has 0 saturated carbocycles. The number of halogens is 3. The average molecular weight is 439 g/mol.